The Hall–Kier alpha value is -3.36. The molecule has 0 bridgehead atoms. The lowest BCUT2D eigenvalue weighted by Gasteiger charge is -2.45. The van der Waals surface area contributed by atoms with E-state index in [0.717, 1.165) is 11.6 Å². The minimum Gasteiger partial charge on any atom is -0.394 e. The molecule has 0 spiro atoms. The van der Waals surface area contributed by atoms with Gasteiger partial charge in [0.1, 0.15) is 17.5 Å². The number of halogens is 3. The summed E-state index contributed by atoms with van der Waals surface area (Å²) in [6.45, 7) is 1.78. The fourth-order valence-corrected chi connectivity index (χ4v) is 4.69. The monoisotopic (exact) mass is 484 g/mol. The molecule has 1 aliphatic heterocycles. The van der Waals surface area contributed by atoms with E-state index in [1.807, 2.05) is 6.92 Å². The molecule has 5 nitrogen and oxygen atoms in total. The molecule has 1 fully saturated rings. The number of aliphatic hydroxyl groups is 2. The number of carbonyl (C=O) groups is 1. The van der Waals surface area contributed by atoms with Crippen LogP contribution in [0, 0.1) is 17.5 Å². The van der Waals surface area contributed by atoms with Crippen LogP contribution in [0.2, 0.25) is 0 Å². The SMILES string of the molecule is C[C@@H](c1ccc(-c2ccc(F)cc2F)cc1)N1CCC(CC(O)CO)(c2ccc(F)cc2)NC1=O. The molecule has 2 amide bonds. The molecule has 3 N–H and O–H groups in total. The number of nitrogens with zero attached hydrogens (tertiary/aromatic N) is 1. The molecule has 4 rings (SSSR count). The van der Waals surface area contributed by atoms with Crippen molar-refractivity contribution in [2.45, 2.75) is 37.5 Å². The maximum Gasteiger partial charge on any atom is 0.318 e. The van der Waals surface area contributed by atoms with Crippen molar-refractivity contribution in [1.29, 1.82) is 0 Å². The number of urea groups is 1. The molecule has 0 aliphatic carbocycles. The lowest BCUT2D eigenvalue weighted by atomic mass is 9.80. The second-order valence-electron chi connectivity index (χ2n) is 8.93. The Morgan fingerprint density at radius 3 is 2.26 bits per heavy atom. The summed E-state index contributed by atoms with van der Waals surface area (Å²) in [5.41, 5.74) is 1.41. The average molecular weight is 485 g/mol. The molecule has 3 aromatic carbocycles. The van der Waals surface area contributed by atoms with E-state index in [1.165, 1.54) is 24.3 Å². The van der Waals surface area contributed by atoms with Gasteiger partial charge in [-0.2, -0.15) is 0 Å². The van der Waals surface area contributed by atoms with Gasteiger partial charge in [0.15, 0.2) is 0 Å². The maximum absolute atomic E-state index is 14.1. The highest BCUT2D eigenvalue weighted by Crippen LogP contribution is 2.36. The highest BCUT2D eigenvalue weighted by molar-refractivity contribution is 5.77. The largest absolute Gasteiger partial charge is 0.394 e. The van der Waals surface area contributed by atoms with E-state index in [-0.39, 0.29) is 24.1 Å². The molecule has 3 aromatic rings. The fraction of sp³-hybridized carbons (Fsp3) is 0.296. The standard InChI is InChI=1S/C27H27F3N2O3/c1-17(18-2-4-19(5-3-18)24-11-10-22(29)14-25(24)30)32-13-12-27(31-26(32)35,15-23(34)16-33)20-6-8-21(28)9-7-20/h2-11,14,17,23,33-34H,12-13,15-16H2,1H3,(H,31,35)/t17-,23?,27?/m0/s1. The molecule has 2 unspecified atom stereocenters. The van der Waals surface area contributed by atoms with Crippen molar-refractivity contribution in [2.75, 3.05) is 13.2 Å². The van der Waals surface area contributed by atoms with Gasteiger partial charge in [-0.25, -0.2) is 18.0 Å². The fourth-order valence-electron chi connectivity index (χ4n) is 4.69. The Morgan fingerprint density at radius 2 is 1.66 bits per heavy atom. The van der Waals surface area contributed by atoms with Crippen LogP contribution in [0.5, 0.6) is 0 Å². The molecular weight excluding hydrogens is 457 g/mol. The van der Waals surface area contributed by atoms with E-state index in [2.05, 4.69) is 5.32 Å². The zero-order valence-electron chi connectivity index (χ0n) is 19.2. The Kier molecular flexibility index (Phi) is 7.14. The Bertz CT molecular complexity index is 1190. The zero-order chi connectivity index (χ0) is 25.2. The van der Waals surface area contributed by atoms with Crippen LogP contribution in [-0.4, -0.2) is 40.4 Å². The van der Waals surface area contributed by atoms with Crippen molar-refractivity contribution >= 4 is 6.03 Å². The molecule has 1 heterocycles. The van der Waals surface area contributed by atoms with E-state index < -0.39 is 35.7 Å². The molecule has 1 aliphatic rings. The number of aliphatic hydroxyl groups excluding tert-OH is 2. The third-order valence-corrected chi connectivity index (χ3v) is 6.68. The predicted octanol–water partition coefficient (Wildman–Crippen LogP) is 4.89. The molecular formula is C27H27F3N2O3. The first-order valence-electron chi connectivity index (χ1n) is 11.4. The van der Waals surface area contributed by atoms with Crippen LogP contribution in [0.15, 0.2) is 66.7 Å². The van der Waals surface area contributed by atoms with Crippen molar-refractivity contribution in [3.05, 3.63) is 95.3 Å². The summed E-state index contributed by atoms with van der Waals surface area (Å²) < 4.78 is 40.8. The number of amides is 2. The number of nitrogens with one attached hydrogen (secondary N) is 1. The second-order valence-corrected chi connectivity index (χ2v) is 8.93. The number of benzene rings is 3. The summed E-state index contributed by atoms with van der Waals surface area (Å²) in [5, 5.41) is 22.5. The molecule has 3 atom stereocenters. The lowest BCUT2D eigenvalue weighted by Crippen LogP contribution is -2.59. The molecule has 1 saturated heterocycles. The third-order valence-electron chi connectivity index (χ3n) is 6.68. The van der Waals surface area contributed by atoms with Crippen LogP contribution in [0.3, 0.4) is 0 Å². The number of hydrogen-bond donors (Lipinski definition) is 3. The second kappa shape index (κ2) is 10.1. The molecule has 35 heavy (non-hydrogen) atoms. The summed E-state index contributed by atoms with van der Waals surface area (Å²) in [7, 11) is 0. The van der Waals surface area contributed by atoms with Gasteiger partial charge in [0.2, 0.25) is 0 Å². The summed E-state index contributed by atoms with van der Waals surface area (Å²) in [6, 6.07) is 15.6. The van der Waals surface area contributed by atoms with Crippen LogP contribution in [0.1, 0.15) is 36.9 Å². The smallest absolute Gasteiger partial charge is 0.318 e. The minimum absolute atomic E-state index is 0.0843. The van der Waals surface area contributed by atoms with Gasteiger partial charge in [-0.3, -0.25) is 0 Å². The molecule has 0 radical (unpaired) electrons. The van der Waals surface area contributed by atoms with Gasteiger partial charge in [0.05, 0.1) is 24.3 Å². The summed E-state index contributed by atoms with van der Waals surface area (Å²) >= 11 is 0. The van der Waals surface area contributed by atoms with Gasteiger partial charge in [0.25, 0.3) is 0 Å². The third kappa shape index (κ3) is 5.18. The molecule has 0 aromatic heterocycles. The van der Waals surface area contributed by atoms with Gasteiger partial charge in [-0.05, 0) is 54.3 Å². The molecule has 0 saturated carbocycles. The van der Waals surface area contributed by atoms with E-state index in [0.29, 0.717) is 24.1 Å². The first-order valence-corrected chi connectivity index (χ1v) is 11.4. The Balaban J connectivity index is 1.53. The van der Waals surface area contributed by atoms with Crippen molar-refractivity contribution in [3.8, 4) is 11.1 Å². The predicted molar refractivity (Wildman–Crippen MR) is 126 cm³/mol. The van der Waals surface area contributed by atoms with Gasteiger partial charge in [0, 0.05) is 24.6 Å². The Morgan fingerprint density at radius 1 is 1.00 bits per heavy atom. The van der Waals surface area contributed by atoms with Gasteiger partial charge in [-0.15, -0.1) is 0 Å². The number of hydrogen-bond acceptors (Lipinski definition) is 3. The van der Waals surface area contributed by atoms with Crippen molar-refractivity contribution in [1.82, 2.24) is 10.2 Å². The minimum atomic E-state index is -1.05. The van der Waals surface area contributed by atoms with Crippen LogP contribution >= 0.6 is 0 Å². The highest BCUT2D eigenvalue weighted by Gasteiger charge is 2.42. The Labute approximate surface area is 201 Å². The van der Waals surface area contributed by atoms with Crippen LogP contribution in [0.25, 0.3) is 11.1 Å². The molecule has 184 valence electrons. The van der Waals surface area contributed by atoms with E-state index in [4.69, 9.17) is 0 Å². The molecule has 8 heteroatoms. The summed E-state index contributed by atoms with van der Waals surface area (Å²) in [4.78, 5) is 14.9. The van der Waals surface area contributed by atoms with Crippen LogP contribution in [-0.2, 0) is 5.54 Å². The van der Waals surface area contributed by atoms with Crippen LogP contribution < -0.4 is 5.32 Å². The summed E-state index contributed by atoms with van der Waals surface area (Å²) in [6.07, 6.45) is -0.533. The number of carbonyl (C=O) groups excluding carboxylic acids is 1. The van der Waals surface area contributed by atoms with E-state index >= 15 is 0 Å². The normalized spacial score (nSPS) is 19.8. The number of rotatable bonds is 7. The maximum atomic E-state index is 14.1. The van der Waals surface area contributed by atoms with Gasteiger partial charge in [-0.1, -0.05) is 36.4 Å². The van der Waals surface area contributed by atoms with Gasteiger partial charge >= 0.3 is 6.03 Å². The van der Waals surface area contributed by atoms with Crippen molar-refractivity contribution in [3.63, 3.8) is 0 Å². The first kappa shape index (κ1) is 24.8. The van der Waals surface area contributed by atoms with E-state index in [9.17, 15) is 28.2 Å². The lowest BCUT2D eigenvalue weighted by molar-refractivity contribution is 0.0441. The zero-order valence-corrected chi connectivity index (χ0v) is 19.2. The average Bonchev–Trinajstić information content (AvgIpc) is 2.84. The van der Waals surface area contributed by atoms with Crippen molar-refractivity contribution < 1.29 is 28.2 Å². The highest BCUT2D eigenvalue weighted by atomic mass is 19.1. The van der Waals surface area contributed by atoms with Crippen LogP contribution in [0.4, 0.5) is 18.0 Å². The van der Waals surface area contributed by atoms with E-state index in [1.54, 1.807) is 41.3 Å². The summed E-state index contributed by atoms with van der Waals surface area (Å²) in [5.74, 6) is -1.70. The van der Waals surface area contributed by atoms with Crippen molar-refractivity contribution in [2.24, 2.45) is 0 Å². The first-order chi connectivity index (χ1) is 16.7. The quantitative estimate of drug-likeness (QED) is 0.447. The van der Waals surface area contributed by atoms with Gasteiger partial charge < -0.3 is 20.4 Å². The topological polar surface area (TPSA) is 72.8 Å².